The summed E-state index contributed by atoms with van der Waals surface area (Å²) in [6, 6.07) is 6.64. The Balaban J connectivity index is 2.02. The van der Waals surface area contributed by atoms with Crippen LogP contribution in [0, 0.1) is 10.1 Å². The van der Waals surface area contributed by atoms with Gasteiger partial charge in [-0.15, -0.1) is 0 Å². The molecule has 0 aromatic heterocycles. The average Bonchev–Trinajstić information content (AvgIpc) is 2.93. The number of anilines is 1. The van der Waals surface area contributed by atoms with Crippen molar-refractivity contribution in [2.75, 3.05) is 12.1 Å². The van der Waals surface area contributed by atoms with Crippen LogP contribution in [0.3, 0.4) is 0 Å². The number of nitro benzene ring substituents is 1. The van der Waals surface area contributed by atoms with Gasteiger partial charge in [-0.1, -0.05) is 23.2 Å². The number of carbonyl (C=O) groups is 2. The highest BCUT2D eigenvalue weighted by atomic mass is 35.5. The molecule has 0 aliphatic carbocycles. The van der Waals surface area contributed by atoms with Gasteiger partial charge in [-0.05, 0) is 35.9 Å². The highest BCUT2D eigenvalue weighted by molar-refractivity contribution is 6.42. The second kappa shape index (κ2) is 7.37. The van der Waals surface area contributed by atoms with Gasteiger partial charge in [0.25, 0.3) is 11.8 Å². The Morgan fingerprint density at radius 2 is 1.93 bits per heavy atom. The molecule has 1 aliphatic rings. The first-order valence-corrected chi connectivity index (χ1v) is 8.36. The predicted octanol–water partition coefficient (Wildman–Crippen LogP) is 3.08. The molecule has 1 saturated heterocycles. The van der Waals surface area contributed by atoms with Gasteiger partial charge in [0.15, 0.2) is 5.75 Å². The van der Waals surface area contributed by atoms with E-state index in [1.54, 1.807) is 0 Å². The van der Waals surface area contributed by atoms with E-state index in [1.165, 1.54) is 31.4 Å². The van der Waals surface area contributed by atoms with Gasteiger partial charge in [0.1, 0.15) is 5.57 Å². The van der Waals surface area contributed by atoms with Crippen LogP contribution in [0.1, 0.15) is 5.56 Å². The van der Waals surface area contributed by atoms with Crippen LogP contribution in [0.15, 0.2) is 35.9 Å². The van der Waals surface area contributed by atoms with Gasteiger partial charge in [-0.2, -0.15) is 0 Å². The molecular weight excluding hydrogens is 413 g/mol. The number of rotatable bonds is 4. The van der Waals surface area contributed by atoms with Gasteiger partial charge >= 0.3 is 5.69 Å². The minimum atomic E-state index is -0.807. The molecule has 0 radical (unpaired) electrons. The van der Waals surface area contributed by atoms with Crippen LogP contribution in [-0.2, 0) is 9.59 Å². The molecule has 1 fully saturated rings. The number of amides is 2. The van der Waals surface area contributed by atoms with E-state index in [0.717, 1.165) is 17.2 Å². The van der Waals surface area contributed by atoms with Crippen LogP contribution in [0.2, 0.25) is 10.0 Å². The second-order valence-corrected chi connectivity index (χ2v) is 6.40. The quantitative estimate of drug-likeness (QED) is 0.337. The maximum Gasteiger partial charge on any atom is 0.315 e. The van der Waals surface area contributed by atoms with E-state index in [4.69, 9.17) is 27.9 Å². The van der Waals surface area contributed by atoms with Crippen LogP contribution in [0.5, 0.6) is 11.5 Å². The van der Waals surface area contributed by atoms with Crippen LogP contribution in [0.25, 0.3) is 6.08 Å². The first-order valence-electron chi connectivity index (χ1n) is 7.60. The minimum Gasteiger partial charge on any atom is -0.500 e. The fourth-order valence-corrected chi connectivity index (χ4v) is 2.81. The minimum absolute atomic E-state index is 0.121. The number of nitrogens with one attached hydrogen (secondary N) is 1. The zero-order valence-corrected chi connectivity index (χ0v) is 15.6. The van der Waals surface area contributed by atoms with E-state index < -0.39 is 28.2 Å². The fourth-order valence-electron chi connectivity index (χ4n) is 2.52. The summed E-state index contributed by atoms with van der Waals surface area (Å²) in [5.74, 6) is -2.24. The zero-order valence-electron chi connectivity index (χ0n) is 14.1. The van der Waals surface area contributed by atoms with Crippen molar-refractivity contribution in [3.8, 4) is 11.5 Å². The molecule has 0 unspecified atom stereocenters. The third-order valence-corrected chi connectivity index (χ3v) is 4.60. The number of benzene rings is 2. The highest BCUT2D eigenvalue weighted by Crippen LogP contribution is 2.38. The number of phenols is 1. The molecule has 0 spiro atoms. The molecule has 28 heavy (non-hydrogen) atoms. The Morgan fingerprint density at radius 1 is 1.21 bits per heavy atom. The van der Waals surface area contributed by atoms with Crippen molar-refractivity contribution >= 4 is 52.5 Å². The van der Waals surface area contributed by atoms with Gasteiger partial charge in [-0.25, -0.2) is 5.01 Å². The largest absolute Gasteiger partial charge is 0.500 e. The van der Waals surface area contributed by atoms with Gasteiger partial charge in [-0.3, -0.25) is 25.1 Å². The number of ether oxygens (including phenoxy) is 1. The van der Waals surface area contributed by atoms with Crippen molar-refractivity contribution < 1.29 is 24.4 Å². The first kappa shape index (κ1) is 19.5. The van der Waals surface area contributed by atoms with Crippen molar-refractivity contribution in [2.24, 2.45) is 0 Å². The van der Waals surface area contributed by atoms with E-state index in [-0.39, 0.29) is 32.6 Å². The maximum atomic E-state index is 12.6. The molecule has 2 amide bonds. The first-order chi connectivity index (χ1) is 13.2. The average molecular weight is 424 g/mol. The third kappa shape index (κ3) is 3.45. The van der Waals surface area contributed by atoms with Crippen molar-refractivity contribution in [1.29, 1.82) is 0 Å². The van der Waals surface area contributed by atoms with Crippen LogP contribution < -0.4 is 15.2 Å². The normalized spacial score (nSPS) is 15.1. The fraction of sp³-hybridized carbons (Fsp3) is 0.0588. The number of phenolic OH excluding ortho intramolecular Hbond substituents is 1. The Hall–Kier alpha value is -3.30. The van der Waals surface area contributed by atoms with E-state index in [2.05, 4.69) is 5.43 Å². The molecule has 144 valence electrons. The zero-order chi connectivity index (χ0) is 20.6. The molecule has 2 aromatic rings. The van der Waals surface area contributed by atoms with E-state index in [9.17, 15) is 24.8 Å². The van der Waals surface area contributed by atoms with E-state index in [0.29, 0.717) is 0 Å². The van der Waals surface area contributed by atoms with Gasteiger partial charge < -0.3 is 9.84 Å². The second-order valence-electron chi connectivity index (χ2n) is 5.59. The lowest BCUT2D eigenvalue weighted by molar-refractivity contribution is -0.386. The lowest BCUT2D eigenvalue weighted by atomic mass is 10.1. The number of hydrazine groups is 1. The van der Waals surface area contributed by atoms with Gasteiger partial charge in [0.05, 0.1) is 27.8 Å². The number of halogens is 2. The molecular formula is C17H11Cl2N3O6. The summed E-state index contributed by atoms with van der Waals surface area (Å²) in [4.78, 5) is 35.2. The SMILES string of the molecule is COc1cc(/C=C2\C(=O)NN(c3ccc(Cl)c(Cl)c3)C2=O)cc([N+](=O)[O-])c1O. The van der Waals surface area contributed by atoms with Crippen molar-refractivity contribution in [3.05, 3.63) is 61.6 Å². The third-order valence-electron chi connectivity index (χ3n) is 3.86. The number of nitrogens with zero attached hydrogens (tertiary/aromatic N) is 2. The molecule has 2 N–H and O–H groups in total. The molecule has 11 heteroatoms. The number of hydrogen-bond donors (Lipinski definition) is 2. The smallest absolute Gasteiger partial charge is 0.315 e. The van der Waals surface area contributed by atoms with Crippen LogP contribution in [0.4, 0.5) is 11.4 Å². The molecule has 9 nitrogen and oxygen atoms in total. The Kier molecular flexibility index (Phi) is 5.12. The lowest BCUT2D eigenvalue weighted by Crippen LogP contribution is -2.35. The van der Waals surface area contributed by atoms with Crippen molar-refractivity contribution in [1.82, 2.24) is 5.43 Å². The summed E-state index contributed by atoms with van der Waals surface area (Å²) in [6.07, 6.45) is 1.16. The summed E-state index contributed by atoms with van der Waals surface area (Å²) in [7, 11) is 1.22. The number of aromatic hydroxyl groups is 1. The number of methoxy groups -OCH3 is 1. The Morgan fingerprint density at radius 3 is 2.54 bits per heavy atom. The molecule has 3 rings (SSSR count). The number of nitro groups is 1. The molecule has 1 aliphatic heterocycles. The molecule has 2 aromatic carbocycles. The van der Waals surface area contributed by atoms with E-state index in [1.807, 2.05) is 0 Å². The molecule has 0 saturated carbocycles. The lowest BCUT2D eigenvalue weighted by Gasteiger charge is -2.15. The topological polar surface area (TPSA) is 122 Å². The highest BCUT2D eigenvalue weighted by Gasteiger charge is 2.35. The standard InChI is InChI=1S/C17H11Cl2N3O6/c1-28-14-6-8(5-13(15(14)23)22(26)27)4-10-16(24)20-21(17(10)25)9-2-3-11(18)12(19)7-9/h2-7,23H,1H3,(H,20,24)/b10-4+. The monoisotopic (exact) mass is 423 g/mol. The van der Waals surface area contributed by atoms with Crippen LogP contribution in [-0.4, -0.2) is 29.0 Å². The molecule has 1 heterocycles. The molecule has 0 bridgehead atoms. The summed E-state index contributed by atoms with van der Waals surface area (Å²) >= 11 is 11.8. The summed E-state index contributed by atoms with van der Waals surface area (Å²) in [6.45, 7) is 0. The predicted molar refractivity (Wildman–Crippen MR) is 101 cm³/mol. The summed E-state index contributed by atoms with van der Waals surface area (Å²) in [5, 5.41) is 22.4. The van der Waals surface area contributed by atoms with Crippen molar-refractivity contribution in [3.63, 3.8) is 0 Å². The van der Waals surface area contributed by atoms with Crippen LogP contribution >= 0.6 is 23.2 Å². The number of carbonyl (C=O) groups excluding carboxylic acids is 2. The molecule has 0 atom stereocenters. The van der Waals surface area contributed by atoms with Gasteiger partial charge in [0, 0.05) is 6.07 Å². The number of hydrogen-bond acceptors (Lipinski definition) is 6. The van der Waals surface area contributed by atoms with E-state index >= 15 is 0 Å². The Bertz CT molecular complexity index is 1050. The Labute approximate surface area is 167 Å². The summed E-state index contributed by atoms with van der Waals surface area (Å²) < 4.78 is 4.90. The van der Waals surface area contributed by atoms with Crippen molar-refractivity contribution in [2.45, 2.75) is 0 Å². The van der Waals surface area contributed by atoms with Gasteiger partial charge in [0.2, 0.25) is 5.75 Å². The maximum absolute atomic E-state index is 12.6. The summed E-state index contributed by atoms with van der Waals surface area (Å²) in [5.41, 5.74) is 1.88.